The van der Waals surface area contributed by atoms with Gasteiger partial charge in [0.25, 0.3) is 5.91 Å². The molecule has 0 aliphatic carbocycles. The number of nitriles is 1. The van der Waals surface area contributed by atoms with E-state index in [0.717, 1.165) is 6.07 Å². The highest BCUT2D eigenvalue weighted by atomic mass is 35.5. The van der Waals surface area contributed by atoms with Crippen molar-refractivity contribution in [1.82, 2.24) is 0 Å². The van der Waals surface area contributed by atoms with Gasteiger partial charge in [-0.3, -0.25) is 4.79 Å². The van der Waals surface area contributed by atoms with E-state index in [0.29, 0.717) is 11.3 Å². The van der Waals surface area contributed by atoms with Gasteiger partial charge in [0, 0.05) is 5.56 Å². The van der Waals surface area contributed by atoms with Gasteiger partial charge in [-0.15, -0.1) is 0 Å². The summed E-state index contributed by atoms with van der Waals surface area (Å²) in [6, 6.07) is 12.3. The van der Waals surface area contributed by atoms with E-state index in [1.165, 1.54) is 12.1 Å². The summed E-state index contributed by atoms with van der Waals surface area (Å²) in [5.74, 6) is -1.17. The molecule has 2 rings (SSSR count). The first-order chi connectivity index (χ1) is 9.11. The highest BCUT2D eigenvalue weighted by Gasteiger charge is 2.10. The maximum absolute atomic E-state index is 13.3. The minimum absolute atomic E-state index is 0.0472. The molecule has 19 heavy (non-hydrogen) atoms. The van der Waals surface area contributed by atoms with Crippen LogP contribution in [0.1, 0.15) is 15.9 Å². The number of carbonyl (C=O) groups excluding carboxylic acids is 1. The Bertz CT molecular complexity index is 679. The van der Waals surface area contributed by atoms with Gasteiger partial charge in [-0.25, -0.2) is 4.39 Å². The SMILES string of the molecule is N#Cc1ccccc1NC(=O)c1ccc(Cl)c(F)c1. The fourth-order valence-corrected chi connectivity index (χ4v) is 1.64. The molecule has 0 atom stereocenters. The zero-order valence-corrected chi connectivity index (χ0v) is 10.4. The van der Waals surface area contributed by atoms with Gasteiger partial charge in [-0.2, -0.15) is 5.26 Å². The van der Waals surface area contributed by atoms with Crippen molar-refractivity contribution < 1.29 is 9.18 Å². The van der Waals surface area contributed by atoms with Crippen molar-refractivity contribution in [1.29, 1.82) is 5.26 Å². The Balaban J connectivity index is 2.26. The van der Waals surface area contributed by atoms with E-state index in [4.69, 9.17) is 16.9 Å². The van der Waals surface area contributed by atoms with Crippen LogP contribution in [0.2, 0.25) is 5.02 Å². The van der Waals surface area contributed by atoms with Crippen LogP contribution >= 0.6 is 11.6 Å². The molecule has 0 aliphatic heterocycles. The van der Waals surface area contributed by atoms with Crippen molar-refractivity contribution in [2.75, 3.05) is 5.32 Å². The number of rotatable bonds is 2. The topological polar surface area (TPSA) is 52.9 Å². The summed E-state index contributed by atoms with van der Waals surface area (Å²) in [5, 5.41) is 11.4. The van der Waals surface area contributed by atoms with Crippen LogP contribution in [-0.2, 0) is 0 Å². The van der Waals surface area contributed by atoms with Gasteiger partial charge in [-0.05, 0) is 30.3 Å². The van der Waals surface area contributed by atoms with Gasteiger partial charge < -0.3 is 5.32 Å². The Morgan fingerprint density at radius 2 is 2.00 bits per heavy atom. The number of carbonyl (C=O) groups is 1. The predicted molar refractivity (Wildman–Crippen MR) is 70.5 cm³/mol. The second-order valence-electron chi connectivity index (χ2n) is 3.74. The maximum atomic E-state index is 13.3. The first kappa shape index (κ1) is 13.1. The van der Waals surface area contributed by atoms with E-state index in [2.05, 4.69) is 5.32 Å². The van der Waals surface area contributed by atoms with Gasteiger partial charge in [-0.1, -0.05) is 23.7 Å². The quantitative estimate of drug-likeness (QED) is 0.909. The molecule has 0 unspecified atom stereocenters. The predicted octanol–water partition coefficient (Wildman–Crippen LogP) is 3.60. The molecule has 3 nitrogen and oxygen atoms in total. The van der Waals surface area contributed by atoms with Crippen LogP contribution in [0.25, 0.3) is 0 Å². The van der Waals surface area contributed by atoms with E-state index >= 15 is 0 Å². The number of hydrogen-bond donors (Lipinski definition) is 1. The third kappa shape index (κ3) is 2.90. The summed E-state index contributed by atoms with van der Waals surface area (Å²) in [6.07, 6.45) is 0. The number of nitrogens with zero attached hydrogens (tertiary/aromatic N) is 1. The van der Waals surface area contributed by atoms with Crippen molar-refractivity contribution >= 4 is 23.2 Å². The molecule has 2 aromatic rings. The number of anilines is 1. The van der Waals surface area contributed by atoms with E-state index in [9.17, 15) is 9.18 Å². The first-order valence-corrected chi connectivity index (χ1v) is 5.75. The Labute approximate surface area is 114 Å². The smallest absolute Gasteiger partial charge is 0.255 e. The maximum Gasteiger partial charge on any atom is 0.255 e. The van der Waals surface area contributed by atoms with Crippen molar-refractivity contribution in [3.63, 3.8) is 0 Å². The molecule has 0 aromatic heterocycles. The number of amides is 1. The van der Waals surface area contributed by atoms with Crippen molar-refractivity contribution in [2.24, 2.45) is 0 Å². The van der Waals surface area contributed by atoms with E-state index in [1.54, 1.807) is 24.3 Å². The van der Waals surface area contributed by atoms with Crippen LogP contribution in [0.5, 0.6) is 0 Å². The van der Waals surface area contributed by atoms with E-state index in [-0.39, 0.29) is 10.6 Å². The Morgan fingerprint density at radius 3 is 2.68 bits per heavy atom. The molecule has 0 bridgehead atoms. The molecule has 0 heterocycles. The number of benzene rings is 2. The third-order valence-corrected chi connectivity index (χ3v) is 2.78. The molecule has 94 valence electrons. The fraction of sp³-hybridized carbons (Fsp3) is 0. The molecular formula is C14H8ClFN2O. The average Bonchev–Trinajstić information content (AvgIpc) is 2.42. The molecule has 0 spiro atoms. The molecule has 0 radical (unpaired) electrons. The summed E-state index contributed by atoms with van der Waals surface area (Å²) in [6.45, 7) is 0. The Kier molecular flexibility index (Phi) is 3.79. The second kappa shape index (κ2) is 5.51. The lowest BCUT2D eigenvalue weighted by molar-refractivity contribution is 0.102. The number of para-hydroxylation sites is 1. The van der Waals surface area contributed by atoms with Crippen LogP contribution in [-0.4, -0.2) is 5.91 Å². The Morgan fingerprint density at radius 1 is 1.26 bits per heavy atom. The van der Waals surface area contributed by atoms with Crippen LogP contribution < -0.4 is 5.32 Å². The minimum Gasteiger partial charge on any atom is -0.321 e. The van der Waals surface area contributed by atoms with Gasteiger partial charge in [0.15, 0.2) is 0 Å². The normalized spacial score (nSPS) is 9.74. The highest BCUT2D eigenvalue weighted by molar-refractivity contribution is 6.30. The lowest BCUT2D eigenvalue weighted by atomic mass is 10.1. The van der Waals surface area contributed by atoms with E-state index in [1.807, 2.05) is 6.07 Å². The average molecular weight is 275 g/mol. The molecule has 5 heteroatoms. The monoisotopic (exact) mass is 274 g/mol. The van der Waals surface area contributed by atoms with Crippen molar-refractivity contribution in [3.8, 4) is 6.07 Å². The third-order valence-electron chi connectivity index (χ3n) is 2.48. The molecule has 1 amide bonds. The van der Waals surface area contributed by atoms with Crippen molar-refractivity contribution in [2.45, 2.75) is 0 Å². The molecular weight excluding hydrogens is 267 g/mol. The van der Waals surface area contributed by atoms with Crippen LogP contribution in [0.3, 0.4) is 0 Å². The lowest BCUT2D eigenvalue weighted by Gasteiger charge is -2.07. The summed E-state index contributed by atoms with van der Waals surface area (Å²) in [5.41, 5.74) is 0.852. The van der Waals surface area contributed by atoms with Crippen LogP contribution in [0.4, 0.5) is 10.1 Å². The second-order valence-corrected chi connectivity index (χ2v) is 4.15. The van der Waals surface area contributed by atoms with Gasteiger partial charge in [0.05, 0.1) is 16.3 Å². The lowest BCUT2D eigenvalue weighted by Crippen LogP contribution is -2.13. The molecule has 0 saturated heterocycles. The van der Waals surface area contributed by atoms with Crippen molar-refractivity contribution in [3.05, 3.63) is 64.4 Å². The Hall–Kier alpha value is -2.38. The van der Waals surface area contributed by atoms with E-state index < -0.39 is 11.7 Å². The first-order valence-electron chi connectivity index (χ1n) is 5.37. The molecule has 0 saturated carbocycles. The number of halogens is 2. The zero-order chi connectivity index (χ0) is 13.8. The number of nitrogens with one attached hydrogen (secondary N) is 1. The summed E-state index contributed by atoms with van der Waals surface area (Å²) in [7, 11) is 0. The molecule has 0 fully saturated rings. The van der Waals surface area contributed by atoms with Gasteiger partial charge in [0.1, 0.15) is 11.9 Å². The van der Waals surface area contributed by atoms with Gasteiger partial charge in [0.2, 0.25) is 0 Å². The van der Waals surface area contributed by atoms with Crippen LogP contribution in [0.15, 0.2) is 42.5 Å². The molecule has 2 aromatic carbocycles. The minimum atomic E-state index is -0.664. The zero-order valence-electron chi connectivity index (χ0n) is 9.65. The standard InChI is InChI=1S/C14H8ClFN2O/c15-11-6-5-9(7-12(11)16)14(19)18-13-4-2-1-3-10(13)8-17/h1-7H,(H,18,19). The summed E-state index contributed by atoms with van der Waals surface area (Å²) >= 11 is 5.54. The fourth-order valence-electron chi connectivity index (χ4n) is 1.52. The van der Waals surface area contributed by atoms with Gasteiger partial charge >= 0.3 is 0 Å². The summed E-state index contributed by atoms with van der Waals surface area (Å²) in [4.78, 5) is 11.9. The number of hydrogen-bond acceptors (Lipinski definition) is 2. The highest BCUT2D eigenvalue weighted by Crippen LogP contribution is 2.18. The summed E-state index contributed by atoms with van der Waals surface area (Å²) < 4.78 is 13.3. The molecule has 0 aliphatic rings. The van der Waals surface area contributed by atoms with Crippen LogP contribution in [0, 0.1) is 17.1 Å². The molecule has 1 N–H and O–H groups in total. The largest absolute Gasteiger partial charge is 0.321 e.